The Morgan fingerprint density at radius 1 is 1.36 bits per heavy atom. The number of aromatic amines is 1. The van der Waals surface area contributed by atoms with E-state index in [0.29, 0.717) is 18.1 Å². The molecule has 1 aliphatic heterocycles. The van der Waals surface area contributed by atoms with Gasteiger partial charge < -0.3 is 5.11 Å². The lowest BCUT2D eigenvalue weighted by Crippen LogP contribution is -2.43. The number of benzene rings is 1. The Morgan fingerprint density at radius 2 is 2.00 bits per heavy atom. The van der Waals surface area contributed by atoms with Crippen LogP contribution < -0.4 is 0 Å². The molecule has 1 atom stereocenters. The van der Waals surface area contributed by atoms with Crippen molar-refractivity contribution in [1.82, 2.24) is 14.5 Å². The van der Waals surface area contributed by atoms with Crippen molar-refractivity contribution in [3.8, 4) is 0 Å². The molecule has 3 rings (SSSR count). The second-order valence-electron chi connectivity index (χ2n) is 7.49. The summed E-state index contributed by atoms with van der Waals surface area (Å²) in [6.07, 6.45) is 3.68. The Morgan fingerprint density at radius 3 is 2.60 bits per heavy atom. The van der Waals surface area contributed by atoms with Crippen molar-refractivity contribution in [3.05, 3.63) is 28.9 Å². The van der Waals surface area contributed by atoms with Crippen LogP contribution in [0.15, 0.2) is 18.3 Å². The van der Waals surface area contributed by atoms with Crippen LogP contribution in [0.3, 0.4) is 0 Å². The maximum Gasteiger partial charge on any atom is 0.211 e. The van der Waals surface area contributed by atoms with Crippen molar-refractivity contribution in [2.45, 2.75) is 32.8 Å². The number of sulfonamides is 1. The van der Waals surface area contributed by atoms with Gasteiger partial charge in [-0.25, -0.2) is 12.7 Å². The molecule has 0 bridgehead atoms. The highest BCUT2D eigenvalue weighted by Gasteiger charge is 2.40. The van der Waals surface area contributed by atoms with Crippen LogP contribution in [0.2, 0.25) is 5.02 Å². The lowest BCUT2D eigenvalue weighted by Gasteiger charge is -2.43. The van der Waals surface area contributed by atoms with E-state index in [1.165, 1.54) is 10.6 Å². The molecule has 1 unspecified atom stereocenters. The average Bonchev–Trinajstić information content (AvgIpc) is 3.00. The molecule has 1 aliphatic rings. The molecule has 138 valence electrons. The summed E-state index contributed by atoms with van der Waals surface area (Å²) in [5, 5.41) is 19.5. The van der Waals surface area contributed by atoms with Crippen LogP contribution in [0.5, 0.6) is 0 Å². The minimum atomic E-state index is -3.15. The number of fused-ring (bicyclic) bond motifs is 1. The molecule has 0 aliphatic carbocycles. The molecule has 0 amide bonds. The summed E-state index contributed by atoms with van der Waals surface area (Å²) in [6, 6.07) is 3.58. The van der Waals surface area contributed by atoms with E-state index in [2.05, 4.69) is 10.2 Å². The highest BCUT2D eigenvalue weighted by Crippen LogP contribution is 2.46. The van der Waals surface area contributed by atoms with E-state index < -0.39 is 21.5 Å². The highest BCUT2D eigenvalue weighted by molar-refractivity contribution is 7.88. The zero-order chi connectivity index (χ0) is 18.4. The van der Waals surface area contributed by atoms with Crippen molar-refractivity contribution in [3.63, 3.8) is 0 Å². The van der Waals surface area contributed by atoms with Crippen molar-refractivity contribution < 1.29 is 13.5 Å². The first-order chi connectivity index (χ1) is 11.6. The molecule has 0 radical (unpaired) electrons. The minimum absolute atomic E-state index is 0.210. The number of aliphatic hydroxyl groups is 1. The summed E-state index contributed by atoms with van der Waals surface area (Å²) in [7, 11) is -3.15. The number of hydrogen-bond donors (Lipinski definition) is 2. The van der Waals surface area contributed by atoms with Gasteiger partial charge in [0.05, 0.1) is 24.1 Å². The topological polar surface area (TPSA) is 86.3 Å². The first-order valence-electron chi connectivity index (χ1n) is 8.36. The molecule has 25 heavy (non-hydrogen) atoms. The molecule has 0 saturated carbocycles. The molecule has 6 nitrogen and oxygen atoms in total. The summed E-state index contributed by atoms with van der Waals surface area (Å²) in [4.78, 5) is 0. The molecule has 1 aromatic heterocycles. The number of aromatic nitrogens is 2. The van der Waals surface area contributed by atoms with E-state index in [1.54, 1.807) is 18.3 Å². The molecule has 1 fully saturated rings. The molecule has 2 heterocycles. The SMILES string of the molecule is CC(C)(C1CCN(S(C)(=O)=O)CC1)C(O)c1cc(Cl)cc2[nH]ncc12. The zero-order valence-corrected chi connectivity index (χ0v) is 16.2. The van der Waals surface area contributed by atoms with Gasteiger partial charge in [-0.1, -0.05) is 25.4 Å². The van der Waals surface area contributed by atoms with E-state index in [9.17, 15) is 13.5 Å². The van der Waals surface area contributed by atoms with Gasteiger partial charge in [0.25, 0.3) is 0 Å². The third-order valence-corrected chi connectivity index (χ3v) is 7.05. The Balaban J connectivity index is 1.85. The van der Waals surface area contributed by atoms with Gasteiger partial charge >= 0.3 is 0 Å². The van der Waals surface area contributed by atoms with E-state index in [1.807, 2.05) is 13.8 Å². The van der Waals surface area contributed by atoms with Crippen LogP contribution in [-0.4, -0.2) is 47.4 Å². The lowest BCUT2D eigenvalue weighted by atomic mass is 9.68. The summed E-state index contributed by atoms with van der Waals surface area (Å²) in [5.41, 5.74) is 1.13. The van der Waals surface area contributed by atoms with Gasteiger partial charge in [0, 0.05) is 23.5 Å². The second-order valence-corrected chi connectivity index (χ2v) is 9.91. The number of halogens is 1. The first kappa shape index (κ1) is 18.6. The molecular weight excluding hydrogens is 362 g/mol. The quantitative estimate of drug-likeness (QED) is 0.847. The van der Waals surface area contributed by atoms with Crippen LogP contribution in [0, 0.1) is 11.3 Å². The zero-order valence-electron chi connectivity index (χ0n) is 14.7. The van der Waals surface area contributed by atoms with Crippen molar-refractivity contribution >= 4 is 32.5 Å². The number of piperidine rings is 1. The van der Waals surface area contributed by atoms with E-state index >= 15 is 0 Å². The van der Waals surface area contributed by atoms with Gasteiger partial charge in [0.15, 0.2) is 0 Å². The number of nitrogens with one attached hydrogen (secondary N) is 1. The molecule has 2 N–H and O–H groups in total. The molecule has 2 aromatic rings. The van der Waals surface area contributed by atoms with Gasteiger partial charge in [-0.15, -0.1) is 0 Å². The fourth-order valence-electron chi connectivity index (χ4n) is 3.82. The largest absolute Gasteiger partial charge is 0.388 e. The normalized spacial score (nSPS) is 19.4. The Bertz CT molecular complexity index is 870. The van der Waals surface area contributed by atoms with Gasteiger partial charge in [-0.3, -0.25) is 5.10 Å². The van der Waals surface area contributed by atoms with Crippen LogP contribution in [0.1, 0.15) is 38.4 Å². The second kappa shape index (κ2) is 6.54. The smallest absolute Gasteiger partial charge is 0.211 e. The van der Waals surface area contributed by atoms with E-state index in [-0.39, 0.29) is 5.92 Å². The standard InChI is InChI=1S/C17H24ClN3O3S/c1-17(2,11-4-6-21(7-5-11)25(3,23)24)16(22)13-8-12(18)9-15-14(13)10-19-20-15/h8-11,16,22H,4-7H2,1-3H3,(H,19,20). The maximum absolute atomic E-state index is 11.7. The number of rotatable bonds is 4. The number of aliphatic hydroxyl groups excluding tert-OH is 1. The van der Waals surface area contributed by atoms with Gasteiger partial charge in [0.1, 0.15) is 0 Å². The predicted octanol–water partition coefficient (Wildman–Crippen LogP) is 2.95. The summed E-state index contributed by atoms with van der Waals surface area (Å²) < 4.78 is 24.9. The van der Waals surface area contributed by atoms with E-state index in [4.69, 9.17) is 11.6 Å². The lowest BCUT2D eigenvalue weighted by molar-refractivity contribution is -0.0111. The monoisotopic (exact) mass is 385 g/mol. The molecule has 8 heteroatoms. The van der Waals surface area contributed by atoms with Gasteiger partial charge in [0.2, 0.25) is 10.0 Å². The third kappa shape index (κ3) is 3.56. The maximum atomic E-state index is 11.7. The molecule has 0 spiro atoms. The van der Waals surface area contributed by atoms with Gasteiger partial charge in [-0.2, -0.15) is 5.10 Å². The summed E-state index contributed by atoms with van der Waals surface area (Å²) in [5.74, 6) is 0.210. The fraction of sp³-hybridized carbons (Fsp3) is 0.588. The molecule has 1 aromatic carbocycles. The van der Waals surface area contributed by atoms with Crippen molar-refractivity contribution in [2.75, 3.05) is 19.3 Å². The predicted molar refractivity (Wildman–Crippen MR) is 99.0 cm³/mol. The fourth-order valence-corrected chi connectivity index (χ4v) is 4.92. The van der Waals surface area contributed by atoms with Crippen molar-refractivity contribution in [2.24, 2.45) is 11.3 Å². The van der Waals surface area contributed by atoms with Crippen molar-refractivity contribution in [1.29, 1.82) is 0 Å². The Labute approximate surface area is 153 Å². The third-order valence-electron chi connectivity index (χ3n) is 5.53. The number of hydrogen-bond acceptors (Lipinski definition) is 4. The summed E-state index contributed by atoms with van der Waals surface area (Å²) in [6.45, 7) is 5.06. The van der Waals surface area contributed by atoms with E-state index in [0.717, 1.165) is 29.3 Å². The molecular formula is C17H24ClN3O3S. The van der Waals surface area contributed by atoms with Crippen LogP contribution in [-0.2, 0) is 10.0 Å². The van der Waals surface area contributed by atoms with Gasteiger partial charge in [-0.05, 0) is 41.9 Å². The Kier molecular flexibility index (Phi) is 4.87. The Hall–Kier alpha value is -1.15. The average molecular weight is 386 g/mol. The number of H-pyrrole nitrogens is 1. The van der Waals surface area contributed by atoms with Crippen LogP contribution >= 0.6 is 11.6 Å². The van der Waals surface area contributed by atoms with Crippen LogP contribution in [0.4, 0.5) is 0 Å². The summed E-state index contributed by atoms with van der Waals surface area (Å²) >= 11 is 6.20. The minimum Gasteiger partial charge on any atom is -0.388 e. The van der Waals surface area contributed by atoms with Crippen LogP contribution in [0.25, 0.3) is 10.9 Å². The number of nitrogens with zero attached hydrogens (tertiary/aromatic N) is 2. The highest BCUT2D eigenvalue weighted by atomic mass is 35.5. The molecule has 1 saturated heterocycles. The first-order valence-corrected chi connectivity index (χ1v) is 10.6.